The van der Waals surface area contributed by atoms with Gasteiger partial charge in [0.05, 0.1) is 6.04 Å². The van der Waals surface area contributed by atoms with E-state index in [-0.39, 0.29) is 5.91 Å². The highest BCUT2D eigenvalue weighted by Crippen LogP contribution is 2.20. The Bertz CT molecular complexity index is 626. The molecular formula is C17H23N3O. The van der Waals surface area contributed by atoms with Gasteiger partial charge in [-0.05, 0) is 36.8 Å². The van der Waals surface area contributed by atoms with Crippen LogP contribution in [0.1, 0.15) is 25.3 Å². The van der Waals surface area contributed by atoms with E-state index in [0.29, 0.717) is 6.42 Å². The number of carbonyl (C=O) groups excluding carboxylic acids is 1. The number of nitrogens with zero attached hydrogens (tertiary/aromatic N) is 1. The molecule has 1 aliphatic rings. The maximum atomic E-state index is 12.5. The number of amides is 1. The summed E-state index contributed by atoms with van der Waals surface area (Å²) in [5.74, 6) is 0.811. The lowest BCUT2D eigenvalue weighted by Gasteiger charge is -2.32. The highest BCUT2D eigenvalue weighted by Gasteiger charge is 2.25. The van der Waals surface area contributed by atoms with E-state index < -0.39 is 6.04 Å². The molecule has 1 aromatic heterocycles. The maximum absolute atomic E-state index is 12.5. The Morgan fingerprint density at radius 3 is 2.86 bits per heavy atom. The van der Waals surface area contributed by atoms with Crippen LogP contribution >= 0.6 is 0 Å². The molecule has 0 spiro atoms. The van der Waals surface area contributed by atoms with Crippen molar-refractivity contribution in [2.45, 2.75) is 32.2 Å². The molecule has 1 fully saturated rings. The van der Waals surface area contributed by atoms with Crippen LogP contribution in [0.15, 0.2) is 30.5 Å². The second-order valence-corrected chi connectivity index (χ2v) is 6.18. The highest BCUT2D eigenvalue weighted by molar-refractivity contribution is 5.86. The van der Waals surface area contributed by atoms with Crippen LogP contribution in [-0.4, -0.2) is 34.9 Å². The van der Waals surface area contributed by atoms with Crippen LogP contribution < -0.4 is 5.73 Å². The summed E-state index contributed by atoms with van der Waals surface area (Å²) in [6.45, 7) is 3.94. The van der Waals surface area contributed by atoms with Crippen molar-refractivity contribution in [3.63, 3.8) is 0 Å². The van der Waals surface area contributed by atoms with E-state index in [9.17, 15) is 4.79 Å². The molecule has 1 aliphatic heterocycles. The molecule has 0 aliphatic carbocycles. The zero-order valence-electron chi connectivity index (χ0n) is 12.5. The van der Waals surface area contributed by atoms with Gasteiger partial charge in [0.1, 0.15) is 0 Å². The SMILES string of the molecule is CC1CCN(C(=O)[C@H](N)Cc2c[nH]c3ccccc23)CC1. The van der Waals surface area contributed by atoms with E-state index in [0.717, 1.165) is 48.3 Å². The number of H-pyrrole nitrogens is 1. The van der Waals surface area contributed by atoms with Crippen molar-refractivity contribution in [2.75, 3.05) is 13.1 Å². The zero-order valence-corrected chi connectivity index (χ0v) is 12.5. The fraction of sp³-hybridized carbons (Fsp3) is 0.471. The van der Waals surface area contributed by atoms with E-state index >= 15 is 0 Å². The van der Waals surface area contributed by atoms with Gasteiger partial charge in [0, 0.05) is 30.2 Å². The number of benzene rings is 1. The first-order chi connectivity index (χ1) is 10.1. The fourth-order valence-electron chi connectivity index (χ4n) is 3.09. The number of likely N-dealkylation sites (tertiary alicyclic amines) is 1. The largest absolute Gasteiger partial charge is 0.361 e. The molecule has 2 heterocycles. The summed E-state index contributed by atoms with van der Waals surface area (Å²) in [5.41, 5.74) is 8.38. The Kier molecular flexibility index (Phi) is 3.97. The van der Waals surface area contributed by atoms with Gasteiger partial charge in [-0.15, -0.1) is 0 Å². The Balaban J connectivity index is 1.68. The molecule has 2 aromatic rings. The second kappa shape index (κ2) is 5.90. The van der Waals surface area contributed by atoms with Crippen molar-refractivity contribution in [1.82, 2.24) is 9.88 Å². The number of hydrogen-bond acceptors (Lipinski definition) is 2. The molecule has 1 aromatic carbocycles. The van der Waals surface area contributed by atoms with Crippen LogP contribution in [0.3, 0.4) is 0 Å². The minimum absolute atomic E-state index is 0.0900. The van der Waals surface area contributed by atoms with Crippen molar-refractivity contribution >= 4 is 16.8 Å². The monoisotopic (exact) mass is 285 g/mol. The standard InChI is InChI=1S/C17H23N3O/c1-12-6-8-20(9-7-12)17(21)15(18)10-13-11-19-16-5-3-2-4-14(13)16/h2-5,11-12,15,19H,6-10,18H2,1H3/t15-/m1/s1. The maximum Gasteiger partial charge on any atom is 0.239 e. The first-order valence-corrected chi connectivity index (χ1v) is 7.74. The molecule has 1 amide bonds. The molecule has 0 radical (unpaired) electrons. The average molecular weight is 285 g/mol. The van der Waals surface area contributed by atoms with Crippen molar-refractivity contribution in [3.8, 4) is 0 Å². The minimum Gasteiger partial charge on any atom is -0.361 e. The van der Waals surface area contributed by atoms with Gasteiger partial charge >= 0.3 is 0 Å². The van der Waals surface area contributed by atoms with Gasteiger partial charge in [-0.25, -0.2) is 0 Å². The second-order valence-electron chi connectivity index (χ2n) is 6.18. The Morgan fingerprint density at radius 1 is 1.38 bits per heavy atom. The molecule has 1 saturated heterocycles. The van der Waals surface area contributed by atoms with Crippen molar-refractivity contribution < 1.29 is 4.79 Å². The summed E-state index contributed by atoms with van der Waals surface area (Å²) >= 11 is 0. The van der Waals surface area contributed by atoms with Gasteiger partial charge in [0.15, 0.2) is 0 Å². The first kappa shape index (κ1) is 14.1. The average Bonchev–Trinajstić information content (AvgIpc) is 2.91. The number of rotatable bonds is 3. The third kappa shape index (κ3) is 2.95. The van der Waals surface area contributed by atoms with Gasteiger partial charge in [0.2, 0.25) is 5.91 Å². The number of para-hydroxylation sites is 1. The normalized spacial score (nSPS) is 18.1. The first-order valence-electron chi connectivity index (χ1n) is 7.74. The van der Waals surface area contributed by atoms with Crippen LogP contribution in [0, 0.1) is 5.92 Å². The zero-order chi connectivity index (χ0) is 14.8. The molecule has 1 atom stereocenters. The van der Waals surface area contributed by atoms with E-state index in [4.69, 9.17) is 5.73 Å². The van der Waals surface area contributed by atoms with Gasteiger partial charge in [-0.1, -0.05) is 25.1 Å². The van der Waals surface area contributed by atoms with Gasteiger partial charge in [-0.3, -0.25) is 4.79 Å². The third-order valence-electron chi connectivity index (χ3n) is 4.53. The lowest BCUT2D eigenvalue weighted by Crippen LogP contribution is -2.47. The summed E-state index contributed by atoms with van der Waals surface area (Å²) in [5, 5.41) is 1.16. The summed E-state index contributed by atoms with van der Waals surface area (Å²) in [7, 11) is 0. The third-order valence-corrected chi connectivity index (χ3v) is 4.53. The van der Waals surface area contributed by atoms with Gasteiger partial charge in [0.25, 0.3) is 0 Å². The molecule has 3 rings (SSSR count). The van der Waals surface area contributed by atoms with Gasteiger partial charge < -0.3 is 15.6 Å². The minimum atomic E-state index is -0.447. The Hall–Kier alpha value is -1.81. The number of nitrogens with two attached hydrogens (primary N) is 1. The smallest absolute Gasteiger partial charge is 0.239 e. The number of hydrogen-bond donors (Lipinski definition) is 2. The number of fused-ring (bicyclic) bond motifs is 1. The summed E-state index contributed by atoms with van der Waals surface area (Å²) in [4.78, 5) is 17.6. The summed E-state index contributed by atoms with van der Waals surface area (Å²) in [6, 6.07) is 7.68. The lowest BCUT2D eigenvalue weighted by atomic mass is 9.98. The molecule has 0 unspecified atom stereocenters. The highest BCUT2D eigenvalue weighted by atomic mass is 16.2. The van der Waals surface area contributed by atoms with Crippen molar-refractivity contribution in [2.24, 2.45) is 11.7 Å². The molecule has 4 heteroatoms. The molecule has 112 valence electrons. The Labute approximate surface area is 125 Å². The van der Waals surface area contributed by atoms with E-state index in [2.05, 4.69) is 18.0 Å². The van der Waals surface area contributed by atoms with Crippen molar-refractivity contribution in [3.05, 3.63) is 36.0 Å². The lowest BCUT2D eigenvalue weighted by molar-refractivity contribution is -0.133. The van der Waals surface area contributed by atoms with E-state index in [1.807, 2.05) is 29.3 Å². The number of nitrogens with one attached hydrogen (secondary N) is 1. The summed E-state index contributed by atoms with van der Waals surface area (Å²) in [6.07, 6.45) is 4.74. The van der Waals surface area contributed by atoms with Gasteiger partial charge in [-0.2, -0.15) is 0 Å². The Morgan fingerprint density at radius 2 is 2.10 bits per heavy atom. The summed E-state index contributed by atoms with van der Waals surface area (Å²) < 4.78 is 0. The fourth-order valence-corrected chi connectivity index (χ4v) is 3.09. The van der Waals surface area contributed by atoms with Crippen LogP contribution in [0.5, 0.6) is 0 Å². The predicted octanol–water partition coefficient (Wildman–Crippen LogP) is 2.30. The van der Waals surface area contributed by atoms with Crippen LogP contribution in [-0.2, 0) is 11.2 Å². The van der Waals surface area contributed by atoms with Crippen LogP contribution in [0.25, 0.3) is 10.9 Å². The molecule has 3 N–H and O–H groups in total. The molecule has 0 saturated carbocycles. The van der Waals surface area contributed by atoms with Crippen LogP contribution in [0.4, 0.5) is 0 Å². The van der Waals surface area contributed by atoms with E-state index in [1.54, 1.807) is 0 Å². The number of aromatic amines is 1. The topological polar surface area (TPSA) is 62.1 Å². The molecule has 4 nitrogen and oxygen atoms in total. The van der Waals surface area contributed by atoms with Crippen LogP contribution in [0.2, 0.25) is 0 Å². The molecule has 0 bridgehead atoms. The predicted molar refractivity (Wildman–Crippen MR) is 85.0 cm³/mol. The van der Waals surface area contributed by atoms with E-state index in [1.165, 1.54) is 0 Å². The number of carbonyl (C=O) groups is 1. The molecular weight excluding hydrogens is 262 g/mol. The number of piperidine rings is 1. The van der Waals surface area contributed by atoms with Crippen molar-refractivity contribution in [1.29, 1.82) is 0 Å². The number of aromatic nitrogens is 1. The quantitative estimate of drug-likeness (QED) is 0.909. The molecule has 21 heavy (non-hydrogen) atoms.